The van der Waals surface area contributed by atoms with Gasteiger partial charge in [0.1, 0.15) is 11.5 Å². The summed E-state index contributed by atoms with van der Waals surface area (Å²) in [6, 6.07) is 4.25. The third kappa shape index (κ3) is 2.37. The van der Waals surface area contributed by atoms with Gasteiger partial charge in [-0.05, 0) is 53.4 Å². The van der Waals surface area contributed by atoms with Gasteiger partial charge in [-0.2, -0.15) is 0 Å². The molecular formula is C20H28O3. The van der Waals surface area contributed by atoms with Crippen LogP contribution in [0.25, 0.3) is 0 Å². The van der Waals surface area contributed by atoms with Crippen molar-refractivity contribution in [1.29, 1.82) is 0 Å². The molecule has 3 heteroatoms. The number of allylic oxidation sites excluding steroid dienone is 1. The summed E-state index contributed by atoms with van der Waals surface area (Å²) in [5.74, 6) is 3.13. The van der Waals surface area contributed by atoms with E-state index in [0.717, 1.165) is 29.9 Å². The number of aryl methyl sites for hydroxylation is 1. The highest BCUT2D eigenvalue weighted by atomic mass is 16.5. The summed E-state index contributed by atoms with van der Waals surface area (Å²) in [4.78, 5) is 0. The minimum atomic E-state index is 0.148. The lowest BCUT2D eigenvalue weighted by atomic mass is 9.45. The van der Waals surface area contributed by atoms with Crippen molar-refractivity contribution >= 4 is 0 Å². The van der Waals surface area contributed by atoms with E-state index in [-0.39, 0.29) is 17.9 Å². The van der Waals surface area contributed by atoms with Gasteiger partial charge in [0.05, 0.1) is 20.8 Å². The molecule has 3 atom stereocenters. The molecule has 0 heterocycles. The van der Waals surface area contributed by atoms with E-state index in [2.05, 4.69) is 39.0 Å². The fourth-order valence-electron chi connectivity index (χ4n) is 4.63. The van der Waals surface area contributed by atoms with Crippen molar-refractivity contribution < 1.29 is 14.6 Å². The molecule has 1 aromatic rings. The van der Waals surface area contributed by atoms with Gasteiger partial charge in [0, 0.05) is 11.5 Å². The van der Waals surface area contributed by atoms with Crippen LogP contribution in [0.4, 0.5) is 0 Å². The van der Waals surface area contributed by atoms with Crippen LogP contribution in [0.15, 0.2) is 23.8 Å². The van der Waals surface area contributed by atoms with Crippen molar-refractivity contribution in [3.05, 3.63) is 34.9 Å². The normalized spacial score (nSPS) is 27.9. The molecule has 2 unspecified atom stereocenters. The number of rotatable bonds is 5. The molecule has 0 saturated heterocycles. The van der Waals surface area contributed by atoms with Gasteiger partial charge in [0.2, 0.25) is 0 Å². The van der Waals surface area contributed by atoms with E-state index in [4.69, 9.17) is 9.47 Å². The minimum absolute atomic E-state index is 0.148. The molecule has 126 valence electrons. The van der Waals surface area contributed by atoms with Gasteiger partial charge in [-0.25, -0.2) is 0 Å². The van der Waals surface area contributed by atoms with Gasteiger partial charge in [0.25, 0.3) is 0 Å². The predicted octanol–water partition coefficient (Wildman–Crippen LogP) is 3.94. The van der Waals surface area contributed by atoms with Crippen LogP contribution in [-0.2, 0) is 6.42 Å². The summed E-state index contributed by atoms with van der Waals surface area (Å²) in [5.41, 5.74) is 3.74. The molecule has 23 heavy (non-hydrogen) atoms. The van der Waals surface area contributed by atoms with Gasteiger partial charge < -0.3 is 14.6 Å². The lowest BCUT2D eigenvalue weighted by Gasteiger charge is -2.59. The number of fused-ring (bicyclic) bond motifs is 1. The van der Waals surface area contributed by atoms with E-state index in [1.807, 2.05) is 0 Å². The smallest absolute Gasteiger partial charge is 0.126 e. The van der Waals surface area contributed by atoms with Crippen molar-refractivity contribution in [2.75, 3.05) is 20.8 Å². The fourth-order valence-corrected chi connectivity index (χ4v) is 4.63. The molecule has 0 radical (unpaired) electrons. The highest BCUT2D eigenvalue weighted by Crippen LogP contribution is 2.64. The predicted molar refractivity (Wildman–Crippen MR) is 92.2 cm³/mol. The molecule has 3 aliphatic rings. The second-order valence-corrected chi connectivity index (χ2v) is 7.41. The largest absolute Gasteiger partial charge is 0.496 e. The SMILES string of the molecule is CCc1cc(OC)c([C@@H]2C=C(CO)C3CC2C3(C)C)c(OC)c1. The quantitative estimate of drug-likeness (QED) is 0.836. The van der Waals surface area contributed by atoms with Crippen LogP contribution in [0, 0.1) is 17.3 Å². The molecule has 3 nitrogen and oxygen atoms in total. The zero-order valence-corrected chi connectivity index (χ0v) is 14.8. The Kier molecular flexibility index (Phi) is 4.18. The van der Waals surface area contributed by atoms with Crippen molar-refractivity contribution in [3.8, 4) is 11.5 Å². The second-order valence-electron chi connectivity index (χ2n) is 7.41. The van der Waals surface area contributed by atoms with E-state index < -0.39 is 0 Å². The van der Waals surface area contributed by atoms with Gasteiger partial charge in [-0.1, -0.05) is 26.8 Å². The molecule has 1 aromatic carbocycles. The first-order valence-corrected chi connectivity index (χ1v) is 8.54. The maximum Gasteiger partial charge on any atom is 0.126 e. The Balaban J connectivity index is 2.14. The van der Waals surface area contributed by atoms with Crippen LogP contribution in [0.2, 0.25) is 0 Å². The highest BCUT2D eigenvalue weighted by Gasteiger charge is 2.56. The summed E-state index contributed by atoms with van der Waals surface area (Å²) < 4.78 is 11.4. The standard InChI is InChI=1S/C20H28O3/c1-6-12-7-17(22-4)19(18(8-12)23-5)14-9-13(11-21)15-10-16(14)20(15,2)3/h7-9,14-16,21H,6,10-11H2,1-5H3/t14-,15?,16?/m1/s1. The Labute approximate surface area is 139 Å². The first-order valence-electron chi connectivity index (χ1n) is 8.54. The minimum Gasteiger partial charge on any atom is -0.496 e. The molecule has 2 bridgehead atoms. The molecule has 0 aliphatic heterocycles. The fraction of sp³-hybridized carbons (Fsp3) is 0.600. The van der Waals surface area contributed by atoms with Crippen LogP contribution < -0.4 is 9.47 Å². The summed E-state index contributed by atoms with van der Waals surface area (Å²) in [5, 5.41) is 9.79. The monoisotopic (exact) mass is 316 g/mol. The van der Waals surface area contributed by atoms with Crippen molar-refractivity contribution in [3.63, 3.8) is 0 Å². The number of benzene rings is 1. The van der Waals surface area contributed by atoms with Gasteiger partial charge in [0.15, 0.2) is 0 Å². The topological polar surface area (TPSA) is 38.7 Å². The summed E-state index contributed by atoms with van der Waals surface area (Å²) in [7, 11) is 3.46. The first kappa shape index (κ1) is 16.4. The van der Waals surface area contributed by atoms with Crippen LogP contribution >= 0.6 is 0 Å². The Hall–Kier alpha value is -1.48. The third-order valence-corrected chi connectivity index (χ3v) is 6.15. The van der Waals surface area contributed by atoms with Crippen molar-refractivity contribution in [1.82, 2.24) is 0 Å². The van der Waals surface area contributed by atoms with E-state index in [9.17, 15) is 5.11 Å². The summed E-state index contributed by atoms with van der Waals surface area (Å²) >= 11 is 0. The second kappa shape index (κ2) is 5.86. The third-order valence-electron chi connectivity index (χ3n) is 6.15. The zero-order valence-electron chi connectivity index (χ0n) is 14.8. The van der Waals surface area contributed by atoms with E-state index >= 15 is 0 Å². The average molecular weight is 316 g/mol. The average Bonchev–Trinajstić information content (AvgIpc) is 2.59. The molecule has 1 N–H and O–H groups in total. The van der Waals surface area contributed by atoms with Gasteiger partial charge in [-0.3, -0.25) is 0 Å². The van der Waals surface area contributed by atoms with Crippen LogP contribution in [0.3, 0.4) is 0 Å². The molecule has 0 aromatic heterocycles. The summed E-state index contributed by atoms with van der Waals surface area (Å²) in [6.45, 7) is 6.93. The van der Waals surface area contributed by atoms with Crippen LogP contribution in [0.5, 0.6) is 11.5 Å². The first-order chi connectivity index (χ1) is 11.0. The van der Waals surface area contributed by atoms with Crippen LogP contribution in [0.1, 0.15) is 44.2 Å². The number of aliphatic hydroxyl groups excluding tert-OH is 1. The number of hydrogen-bond acceptors (Lipinski definition) is 3. The molecule has 1 saturated carbocycles. The maximum absolute atomic E-state index is 9.79. The molecule has 1 fully saturated rings. The molecule has 0 spiro atoms. The maximum atomic E-state index is 9.79. The van der Waals surface area contributed by atoms with E-state index in [1.165, 1.54) is 11.1 Å². The lowest BCUT2D eigenvalue weighted by Crippen LogP contribution is -2.51. The number of aliphatic hydroxyl groups is 1. The van der Waals surface area contributed by atoms with Gasteiger partial charge >= 0.3 is 0 Å². The lowest BCUT2D eigenvalue weighted by molar-refractivity contribution is -0.0260. The number of hydrogen-bond donors (Lipinski definition) is 1. The molecule has 4 rings (SSSR count). The van der Waals surface area contributed by atoms with E-state index in [0.29, 0.717) is 11.8 Å². The Morgan fingerprint density at radius 2 is 1.78 bits per heavy atom. The number of methoxy groups -OCH3 is 2. The zero-order chi connectivity index (χ0) is 16.8. The Bertz CT molecular complexity index is 605. The molecule has 3 aliphatic carbocycles. The molecule has 0 amide bonds. The number of ether oxygens (including phenoxy) is 2. The molecular weight excluding hydrogens is 288 g/mol. The Morgan fingerprint density at radius 3 is 2.22 bits per heavy atom. The Morgan fingerprint density at radius 1 is 1.17 bits per heavy atom. The van der Waals surface area contributed by atoms with Crippen molar-refractivity contribution in [2.24, 2.45) is 17.3 Å². The summed E-state index contributed by atoms with van der Waals surface area (Å²) in [6.07, 6.45) is 4.36. The van der Waals surface area contributed by atoms with E-state index in [1.54, 1.807) is 14.2 Å². The van der Waals surface area contributed by atoms with Gasteiger partial charge in [-0.15, -0.1) is 0 Å². The van der Waals surface area contributed by atoms with Crippen LogP contribution in [-0.4, -0.2) is 25.9 Å². The van der Waals surface area contributed by atoms with Crippen molar-refractivity contribution in [2.45, 2.75) is 39.5 Å². The highest BCUT2D eigenvalue weighted by molar-refractivity contribution is 5.54.